The molecule has 0 heterocycles. The molecule has 0 saturated carbocycles. The van der Waals surface area contributed by atoms with Gasteiger partial charge in [0.1, 0.15) is 0 Å². The third-order valence-electron chi connectivity index (χ3n) is 5.08. The van der Waals surface area contributed by atoms with Crippen molar-refractivity contribution in [3.05, 3.63) is 88.4 Å². The highest BCUT2D eigenvalue weighted by atomic mass is 35.5. The van der Waals surface area contributed by atoms with Crippen molar-refractivity contribution in [3.8, 4) is 11.5 Å². The van der Waals surface area contributed by atoms with E-state index in [9.17, 15) is 4.79 Å². The van der Waals surface area contributed by atoms with Crippen LogP contribution in [-0.2, 0) is 13.0 Å². The van der Waals surface area contributed by atoms with Crippen molar-refractivity contribution >= 4 is 23.3 Å². The van der Waals surface area contributed by atoms with Crippen molar-refractivity contribution in [2.45, 2.75) is 19.9 Å². The summed E-state index contributed by atoms with van der Waals surface area (Å²) in [5.41, 5.74) is 3.89. The first-order valence-electron chi connectivity index (χ1n) is 10.1. The second-order valence-electron chi connectivity index (χ2n) is 7.23. The Labute approximate surface area is 188 Å². The van der Waals surface area contributed by atoms with Gasteiger partial charge < -0.3 is 19.7 Å². The minimum absolute atomic E-state index is 0.148. The molecule has 0 aliphatic rings. The summed E-state index contributed by atoms with van der Waals surface area (Å²) in [6, 6.07) is 21.0. The van der Waals surface area contributed by atoms with Gasteiger partial charge in [-0.25, -0.2) is 4.79 Å². The number of ether oxygens (including phenoxy) is 2. The molecule has 3 aromatic carbocycles. The smallest absolute Gasteiger partial charge is 0.322 e. The molecule has 0 fully saturated rings. The third-order valence-corrected chi connectivity index (χ3v) is 5.33. The van der Waals surface area contributed by atoms with Crippen molar-refractivity contribution in [2.75, 3.05) is 26.1 Å². The van der Waals surface area contributed by atoms with Gasteiger partial charge in [0.25, 0.3) is 0 Å². The first kappa shape index (κ1) is 22.5. The Kier molecular flexibility index (Phi) is 7.79. The molecule has 3 rings (SSSR count). The van der Waals surface area contributed by atoms with Gasteiger partial charge in [-0.3, -0.25) is 0 Å². The number of para-hydroxylation sites is 1. The van der Waals surface area contributed by atoms with Crippen LogP contribution in [0.15, 0.2) is 66.7 Å². The fourth-order valence-electron chi connectivity index (χ4n) is 3.27. The van der Waals surface area contributed by atoms with Crippen LogP contribution in [0.2, 0.25) is 5.02 Å². The molecule has 0 atom stereocenters. The number of aryl methyl sites for hydroxylation is 1. The Morgan fingerprint density at radius 2 is 1.61 bits per heavy atom. The number of hydrogen-bond acceptors (Lipinski definition) is 3. The Morgan fingerprint density at radius 3 is 2.29 bits per heavy atom. The molecule has 2 amide bonds. The van der Waals surface area contributed by atoms with E-state index < -0.39 is 0 Å². The quantitative estimate of drug-likeness (QED) is 0.473. The van der Waals surface area contributed by atoms with Gasteiger partial charge in [-0.1, -0.05) is 48.0 Å². The number of nitrogens with one attached hydrogen (secondary N) is 1. The van der Waals surface area contributed by atoms with Gasteiger partial charge in [0.15, 0.2) is 11.5 Å². The molecule has 0 unspecified atom stereocenters. The van der Waals surface area contributed by atoms with Gasteiger partial charge in [0.05, 0.1) is 14.2 Å². The van der Waals surface area contributed by atoms with Crippen LogP contribution < -0.4 is 14.8 Å². The van der Waals surface area contributed by atoms with Crippen LogP contribution in [0.5, 0.6) is 11.5 Å². The first-order valence-corrected chi connectivity index (χ1v) is 10.4. The highest BCUT2D eigenvalue weighted by Crippen LogP contribution is 2.28. The largest absolute Gasteiger partial charge is 0.493 e. The van der Waals surface area contributed by atoms with E-state index in [0.717, 1.165) is 22.4 Å². The van der Waals surface area contributed by atoms with Gasteiger partial charge in [0, 0.05) is 23.8 Å². The van der Waals surface area contributed by atoms with Crippen LogP contribution >= 0.6 is 11.6 Å². The van der Waals surface area contributed by atoms with Crippen LogP contribution in [0.25, 0.3) is 0 Å². The number of carbonyl (C=O) groups is 1. The molecule has 31 heavy (non-hydrogen) atoms. The summed E-state index contributed by atoms with van der Waals surface area (Å²) in [6.45, 7) is 2.99. The second kappa shape index (κ2) is 10.7. The lowest BCUT2D eigenvalue weighted by atomic mass is 10.1. The zero-order valence-corrected chi connectivity index (χ0v) is 18.8. The summed E-state index contributed by atoms with van der Waals surface area (Å²) in [7, 11) is 3.23. The molecule has 0 aromatic heterocycles. The molecule has 0 saturated heterocycles. The first-order chi connectivity index (χ1) is 15.0. The summed E-state index contributed by atoms with van der Waals surface area (Å²) in [5.74, 6) is 1.36. The zero-order valence-electron chi connectivity index (χ0n) is 18.0. The fourth-order valence-corrected chi connectivity index (χ4v) is 3.40. The van der Waals surface area contributed by atoms with Crippen LogP contribution in [0, 0.1) is 6.92 Å². The number of methoxy groups -OCH3 is 2. The number of urea groups is 1. The SMILES string of the molecule is COc1ccc(CCN(Cc2ccc(Cl)cc2)C(=O)Nc2ccccc2C)cc1OC. The molecule has 0 spiro atoms. The van der Waals surface area contributed by atoms with Crippen molar-refractivity contribution < 1.29 is 14.3 Å². The number of carbonyl (C=O) groups excluding carboxylic acids is 1. The zero-order chi connectivity index (χ0) is 22.2. The number of anilines is 1. The summed E-state index contributed by atoms with van der Waals surface area (Å²) in [6.07, 6.45) is 0.676. The van der Waals surface area contributed by atoms with Crippen LogP contribution in [0.4, 0.5) is 10.5 Å². The third kappa shape index (κ3) is 6.15. The Morgan fingerprint density at radius 1 is 0.935 bits per heavy atom. The van der Waals surface area contributed by atoms with Gasteiger partial charge in [-0.05, 0) is 60.4 Å². The van der Waals surface area contributed by atoms with Crippen molar-refractivity contribution in [1.29, 1.82) is 0 Å². The lowest BCUT2D eigenvalue weighted by Gasteiger charge is -2.24. The summed E-state index contributed by atoms with van der Waals surface area (Å²) >= 11 is 6.01. The van der Waals surface area contributed by atoms with Gasteiger partial charge in [0.2, 0.25) is 0 Å². The monoisotopic (exact) mass is 438 g/mol. The number of benzene rings is 3. The summed E-state index contributed by atoms with van der Waals surface area (Å²) in [4.78, 5) is 14.9. The number of nitrogens with zero attached hydrogens (tertiary/aromatic N) is 1. The van der Waals surface area contributed by atoms with E-state index in [1.54, 1.807) is 19.1 Å². The molecule has 1 N–H and O–H groups in total. The van der Waals surface area contributed by atoms with Gasteiger partial charge in [-0.2, -0.15) is 0 Å². The van der Waals surface area contributed by atoms with Crippen LogP contribution in [-0.4, -0.2) is 31.7 Å². The molecule has 3 aromatic rings. The fraction of sp³-hybridized carbons (Fsp3) is 0.240. The Balaban J connectivity index is 1.77. The number of hydrogen-bond donors (Lipinski definition) is 1. The molecule has 0 aliphatic carbocycles. The van der Waals surface area contributed by atoms with E-state index in [4.69, 9.17) is 21.1 Å². The molecular weight excluding hydrogens is 412 g/mol. The van der Waals surface area contributed by atoms with E-state index in [0.29, 0.717) is 36.0 Å². The normalized spacial score (nSPS) is 10.5. The number of halogens is 1. The van der Waals surface area contributed by atoms with Crippen molar-refractivity contribution in [2.24, 2.45) is 0 Å². The van der Waals surface area contributed by atoms with Gasteiger partial charge in [-0.15, -0.1) is 0 Å². The predicted octanol–water partition coefficient (Wildman–Crippen LogP) is 5.94. The van der Waals surface area contributed by atoms with Gasteiger partial charge >= 0.3 is 6.03 Å². The highest BCUT2D eigenvalue weighted by Gasteiger charge is 2.16. The Hall–Kier alpha value is -3.18. The molecule has 6 heteroatoms. The summed E-state index contributed by atoms with van der Waals surface area (Å²) < 4.78 is 10.7. The number of amides is 2. The minimum atomic E-state index is -0.148. The topological polar surface area (TPSA) is 50.8 Å². The summed E-state index contributed by atoms with van der Waals surface area (Å²) in [5, 5.41) is 3.71. The van der Waals surface area contributed by atoms with Crippen LogP contribution in [0.3, 0.4) is 0 Å². The van der Waals surface area contributed by atoms with Crippen molar-refractivity contribution in [3.63, 3.8) is 0 Å². The van der Waals surface area contributed by atoms with E-state index in [1.165, 1.54) is 0 Å². The molecular formula is C25H27ClN2O3. The predicted molar refractivity (Wildman–Crippen MR) is 125 cm³/mol. The van der Waals surface area contributed by atoms with E-state index >= 15 is 0 Å². The average Bonchev–Trinajstić information content (AvgIpc) is 2.79. The average molecular weight is 439 g/mol. The number of rotatable bonds is 8. The molecule has 0 aliphatic heterocycles. The maximum atomic E-state index is 13.1. The standard InChI is InChI=1S/C25H27ClN2O3/c1-18-6-4-5-7-22(18)27-25(29)28(17-20-8-11-21(26)12-9-20)15-14-19-10-13-23(30-2)24(16-19)31-3/h4-13,16H,14-15,17H2,1-3H3,(H,27,29). The maximum absolute atomic E-state index is 13.1. The van der Waals surface area contributed by atoms with Crippen molar-refractivity contribution in [1.82, 2.24) is 4.90 Å². The molecule has 0 radical (unpaired) electrons. The lowest BCUT2D eigenvalue weighted by Crippen LogP contribution is -2.36. The minimum Gasteiger partial charge on any atom is -0.493 e. The molecule has 162 valence electrons. The van der Waals surface area contributed by atoms with Crippen LogP contribution in [0.1, 0.15) is 16.7 Å². The Bertz CT molecular complexity index is 1020. The van der Waals surface area contributed by atoms with E-state index in [1.807, 2.05) is 73.7 Å². The maximum Gasteiger partial charge on any atom is 0.322 e. The lowest BCUT2D eigenvalue weighted by molar-refractivity contribution is 0.209. The van der Waals surface area contributed by atoms with E-state index in [2.05, 4.69) is 5.32 Å². The molecule has 5 nitrogen and oxygen atoms in total. The highest BCUT2D eigenvalue weighted by molar-refractivity contribution is 6.30. The molecule has 0 bridgehead atoms. The van der Waals surface area contributed by atoms with E-state index in [-0.39, 0.29) is 6.03 Å². The second-order valence-corrected chi connectivity index (χ2v) is 7.67.